The van der Waals surface area contributed by atoms with Gasteiger partial charge in [-0.05, 0) is 63.1 Å². The maximum atomic E-state index is 12.6. The van der Waals surface area contributed by atoms with Gasteiger partial charge in [-0.3, -0.25) is 14.9 Å². The Morgan fingerprint density at radius 3 is 2.39 bits per heavy atom. The molecule has 1 aromatic heterocycles. The number of hydrogen-bond acceptors (Lipinski definition) is 7. The quantitative estimate of drug-likeness (QED) is 0.278. The lowest BCUT2D eigenvalue weighted by atomic mass is 10.1. The number of hydrogen-bond donors (Lipinski definition) is 1. The minimum absolute atomic E-state index is 0.0530. The monoisotopic (exact) mass is 468 g/mol. The van der Waals surface area contributed by atoms with Crippen LogP contribution in [0.25, 0.3) is 11.4 Å². The number of benzene rings is 2. The predicted octanol–water partition coefficient (Wildman–Crippen LogP) is 4.58. The van der Waals surface area contributed by atoms with Crippen molar-refractivity contribution < 1.29 is 9.72 Å². The van der Waals surface area contributed by atoms with Gasteiger partial charge >= 0.3 is 0 Å². The van der Waals surface area contributed by atoms with Crippen LogP contribution in [0.1, 0.15) is 25.0 Å². The Morgan fingerprint density at radius 2 is 1.79 bits per heavy atom. The van der Waals surface area contributed by atoms with Gasteiger partial charge in [0.2, 0.25) is 5.91 Å². The van der Waals surface area contributed by atoms with Gasteiger partial charge in [0.1, 0.15) is 5.69 Å². The number of thioether (sulfide) groups is 1. The summed E-state index contributed by atoms with van der Waals surface area (Å²) in [4.78, 5) is 25.7. The van der Waals surface area contributed by atoms with Gasteiger partial charge in [-0.25, -0.2) is 0 Å². The van der Waals surface area contributed by atoms with E-state index in [9.17, 15) is 14.9 Å². The van der Waals surface area contributed by atoms with Crippen LogP contribution in [0, 0.1) is 24.0 Å². The normalized spacial score (nSPS) is 10.8. The molecule has 0 bridgehead atoms. The van der Waals surface area contributed by atoms with Crippen molar-refractivity contribution >= 4 is 34.7 Å². The second-order valence-corrected chi connectivity index (χ2v) is 8.52. The molecular formula is C23H28N6O3S. The Hall–Kier alpha value is -3.40. The molecular weight excluding hydrogens is 440 g/mol. The molecule has 0 saturated carbocycles. The van der Waals surface area contributed by atoms with Crippen LogP contribution in [-0.4, -0.2) is 44.4 Å². The van der Waals surface area contributed by atoms with Crippen molar-refractivity contribution in [1.82, 2.24) is 14.8 Å². The van der Waals surface area contributed by atoms with Crippen LogP contribution in [0.4, 0.5) is 17.1 Å². The summed E-state index contributed by atoms with van der Waals surface area (Å²) in [5.41, 5.74) is 3.74. The lowest BCUT2D eigenvalue weighted by Crippen LogP contribution is -2.21. The largest absolute Gasteiger partial charge is 0.372 e. The molecule has 33 heavy (non-hydrogen) atoms. The topological polar surface area (TPSA) is 106 Å². The molecule has 2 aromatic carbocycles. The Balaban J connectivity index is 1.70. The number of nitrogens with one attached hydrogen (secondary N) is 1. The zero-order chi connectivity index (χ0) is 24.1. The summed E-state index contributed by atoms with van der Waals surface area (Å²) >= 11 is 1.23. The molecule has 1 heterocycles. The molecule has 0 radical (unpaired) electrons. The van der Waals surface area contributed by atoms with Crippen LogP contribution >= 0.6 is 11.8 Å². The van der Waals surface area contributed by atoms with Crippen molar-refractivity contribution in [2.45, 2.75) is 32.9 Å². The maximum absolute atomic E-state index is 12.6. The number of rotatable bonds is 9. The van der Waals surface area contributed by atoms with Crippen molar-refractivity contribution in [3.05, 3.63) is 57.6 Å². The van der Waals surface area contributed by atoms with E-state index in [1.54, 1.807) is 13.0 Å². The van der Waals surface area contributed by atoms with Gasteiger partial charge in [-0.2, -0.15) is 0 Å². The van der Waals surface area contributed by atoms with E-state index in [2.05, 4.69) is 46.4 Å². The Bertz CT molecular complexity index is 1160. The second-order valence-electron chi connectivity index (χ2n) is 7.58. The van der Waals surface area contributed by atoms with Crippen LogP contribution in [0.3, 0.4) is 0 Å². The first-order chi connectivity index (χ1) is 15.8. The van der Waals surface area contributed by atoms with E-state index in [-0.39, 0.29) is 23.0 Å². The molecule has 0 aliphatic heterocycles. The van der Waals surface area contributed by atoms with Crippen LogP contribution in [0.2, 0.25) is 0 Å². The molecule has 0 unspecified atom stereocenters. The number of aryl methyl sites for hydroxylation is 1. The van der Waals surface area contributed by atoms with Crippen molar-refractivity contribution in [2.24, 2.45) is 7.05 Å². The van der Waals surface area contributed by atoms with Crippen LogP contribution < -0.4 is 10.2 Å². The summed E-state index contributed by atoms with van der Waals surface area (Å²) in [5.74, 6) is 0.413. The van der Waals surface area contributed by atoms with Gasteiger partial charge in [-0.1, -0.05) is 17.8 Å². The first-order valence-corrected chi connectivity index (χ1v) is 11.7. The number of carbonyl (C=O) groups is 1. The van der Waals surface area contributed by atoms with Crippen molar-refractivity contribution in [3.63, 3.8) is 0 Å². The first-order valence-electron chi connectivity index (χ1n) is 10.7. The molecule has 10 heteroatoms. The van der Waals surface area contributed by atoms with E-state index in [0.717, 1.165) is 29.9 Å². The summed E-state index contributed by atoms with van der Waals surface area (Å²) < 4.78 is 1.84. The standard InChI is InChI=1S/C23H28N6O3S/c1-6-28(7-2)18-11-9-17(10-12-18)22-25-26-23(27(22)5)33-14-20(30)24-21-16(4)15(3)8-13-19(21)29(31)32/h8-13H,6-7,14H2,1-5H3,(H,24,30). The van der Waals surface area contributed by atoms with Gasteiger partial charge in [0.15, 0.2) is 11.0 Å². The zero-order valence-corrected chi connectivity index (χ0v) is 20.3. The van der Waals surface area contributed by atoms with Gasteiger partial charge in [-0.15, -0.1) is 10.2 Å². The second kappa shape index (κ2) is 10.5. The molecule has 0 aliphatic carbocycles. The van der Waals surface area contributed by atoms with Gasteiger partial charge in [0.25, 0.3) is 5.69 Å². The van der Waals surface area contributed by atoms with Crippen LogP contribution in [0.15, 0.2) is 41.6 Å². The zero-order valence-electron chi connectivity index (χ0n) is 19.5. The number of nitrogens with zero attached hydrogens (tertiary/aromatic N) is 5. The highest BCUT2D eigenvalue weighted by Crippen LogP contribution is 2.31. The highest BCUT2D eigenvalue weighted by molar-refractivity contribution is 7.99. The van der Waals surface area contributed by atoms with E-state index in [0.29, 0.717) is 16.5 Å². The molecule has 1 N–H and O–H groups in total. The summed E-state index contributed by atoms with van der Waals surface area (Å²) in [7, 11) is 1.85. The number of nitro groups is 1. The number of anilines is 2. The molecule has 3 aromatic rings. The fraction of sp³-hybridized carbons (Fsp3) is 0.348. The summed E-state index contributed by atoms with van der Waals surface area (Å²) in [6.45, 7) is 9.73. The Labute approximate surface area is 197 Å². The molecule has 0 fully saturated rings. The minimum atomic E-state index is -0.490. The van der Waals surface area contributed by atoms with Gasteiger partial charge in [0.05, 0.1) is 10.7 Å². The van der Waals surface area contributed by atoms with Gasteiger partial charge in [0, 0.05) is 37.5 Å². The predicted molar refractivity (Wildman–Crippen MR) is 132 cm³/mol. The van der Waals surface area contributed by atoms with E-state index in [1.165, 1.54) is 17.8 Å². The number of carbonyl (C=O) groups excluding carboxylic acids is 1. The van der Waals surface area contributed by atoms with E-state index in [4.69, 9.17) is 0 Å². The summed E-state index contributed by atoms with van der Waals surface area (Å²) in [5, 5.41) is 23.1. The average Bonchev–Trinajstić information content (AvgIpc) is 3.17. The molecule has 3 rings (SSSR count). The first kappa shape index (κ1) is 24.2. The van der Waals surface area contributed by atoms with Crippen molar-refractivity contribution in [1.29, 1.82) is 0 Å². The van der Waals surface area contributed by atoms with Crippen molar-refractivity contribution in [3.8, 4) is 11.4 Å². The molecule has 0 saturated heterocycles. The molecule has 1 amide bonds. The smallest absolute Gasteiger partial charge is 0.293 e. The van der Waals surface area contributed by atoms with Gasteiger partial charge < -0.3 is 14.8 Å². The third-order valence-corrected chi connectivity index (χ3v) is 6.62. The fourth-order valence-corrected chi connectivity index (χ4v) is 4.23. The molecule has 9 nitrogen and oxygen atoms in total. The SMILES string of the molecule is CCN(CC)c1ccc(-c2nnc(SCC(=O)Nc3c([N+](=O)[O-])ccc(C)c3C)n2C)cc1. The third-order valence-electron chi connectivity index (χ3n) is 5.60. The molecule has 0 spiro atoms. The van der Waals surface area contributed by atoms with E-state index < -0.39 is 4.92 Å². The fourth-order valence-electron chi connectivity index (χ4n) is 3.52. The lowest BCUT2D eigenvalue weighted by Gasteiger charge is -2.21. The Kier molecular flexibility index (Phi) is 7.70. The Morgan fingerprint density at radius 1 is 1.12 bits per heavy atom. The maximum Gasteiger partial charge on any atom is 0.293 e. The number of nitro benzene ring substituents is 1. The van der Waals surface area contributed by atoms with E-state index in [1.807, 2.05) is 30.7 Å². The van der Waals surface area contributed by atoms with Crippen LogP contribution in [0.5, 0.6) is 0 Å². The molecule has 0 atom stereocenters. The highest BCUT2D eigenvalue weighted by Gasteiger charge is 2.20. The summed E-state index contributed by atoms with van der Waals surface area (Å²) in [6, 6.07) is 11.2. The van der Waals surface area contributed by atoms with Crippen LogP contribution in [-0.2, 0) is 11.8 Å². The number of amides is 1. The molecule has 174 valence electrons. The minimum Gasteiger partial charge on any atom is -0.372 e. The number of aromatic nitrogens is 3. The van der Waals surface area contributed by atoms with E-state index >= 15 is 0 Å². The molecule has 0 aliphatic rings. The highest BCUT2D eigenvalue weighted by atomic mass is 32.2. The summed E-state index contributed by atoms with van der Waals surface area (Å²) in [6.07, 6.45) is 0. The average molecular weight is 469 g/mol. The lowest BCUT2D eigenvalue weighted by molar-refractivity contribution is -0.384. The van der Waals surface area contributed by atoms with Crippen molar-refractivity contribution in [2.75, 3.05) is 29.1 Å². The third kappa shape index (κ3) is 5.33.